The van der Waals surface area contributed by atoms with Crippen LogP contribution in [-0.2, 0) is 4.74 Å². The number of hydrogen-bond acceptors (Lipinski definition) is 13. The van der Waals surface area contributed by atoms with Crippen LogP contribution in [0.2, 0.25) is 0 Å². The SMILES string of the molecule is OCC1=C[C@H](N[C@H]2CC(CO)[C@@H](OC3C[C@H](CO)C(O)[C@H](O)C3O)C(O)[C@H]2O)C(O)[C@@H](O)C1O. The Kier molecular flexibility index (Phi) is 9.42. The van der Waals surface area contributed by atoms with Crippen LogP contribution in [0.5, 0.6) is 0 Å². The number of ether oxygens (including phenoxy) is 1. The van der Waals surface area contributed by atoms with Gasteiger partial charge >= 0.3 is 0 Å². The minimum atomic E-state index is -1.59. The van der Waals surface area contributed by atoms with Gasteiger partial charge in [0.05, 0.1) is 37.1 Å². The van der Waals surface area contributed by atoms with Crippen molar-refractivity contribution in [3.05, 3.63) is 11.6 Å². The van der Waals surface area contributed by atoms with E-state index in [0.29, 0.717) is 0 Å². The van der Waals surface area contributed by atoms with Crippen molar-refractivity contribution >= 4 is 0 Å². The zero-order valence-electron chi connectivity index (χ0n) is 18.5. The van der Waals surface area contributed by atoms with E-state index in [-0.39, 0.29) is 18.4 Å². The molecule has 0 spiro atoms. The van der Waals surface area contributed by atoms with Crippen LogP contribution in [0.15, 0.2) is 11.6 Å². The van der Waals surface area contributed by atoms with Crippen molar-refractivity contribution in [1.82, 2.24) is 5.32 Å². The van der Waals surface area contributed by atoms with E-state index >= 15 is 0 Å². The van der Waals surface area contributed by atoms with Crippen molar-refractivity contribution < 1.29 is 60.9 Å². The first-order valence-electron chi connectivity index (χ1n) is 11.4. The molecule has 0 radical (unpaired) electrons. The summed E-state index contributed by atoms with van der Waals surface area (Å²) < 4.78 is 5.81. The Morgan fingerprint density at radius 1 is 0.706 bits per heavy atom. The standard InChI is InChI=1S/C21H37NO12/c23-4-7-1-10(15(28)18(31)13(7)26)22-11-2-9(6-25)21(20(33)16(11)29)34-12-3-8(5-24)14(27)19(32)17(12)30/h1,8-33H,2-6H2/t8-,9?,10+,11+,12?,13?,14?,15?,16+,17?,18+,19+,20?,21-/m1/s1. The number of aliphatic hydroxyl groups excluding tert-OH is 11. The number of nitrogens with one attached hydrogen (secondary N) is 1. The molecule has 2 fully saturated rings. The molecule has 3 aliphatic carbocycles. The number of hydrogen-bond donors (Lipinski definition) is 12. The third-order valence-electron chi connectivity index (χ3n) is 7.42. The average Bonchev–Trinajstić information content (AvgIpc) is 2.83. The average molecular weight is 496 g/mol. The molecule has 0 heterocycles. The first kappa shape index (κ1) is 27.8. The van der Waals surface area contributed by atoms with E-state index in [1.807, 2.05) is 0 Å². The molecule has 3 aliphatic rings. The smallest absolute Gasteiger partial charge is 0.111 e. The molecule has 7 unspecified atom stereocenters. The van der Waals surface area contributed by atoms with Crippen LogP contribution in [-0.4, -0.2) is 149 Å². The molecular formula is C21H37NO12. The van der Waals surface area contributed by atoms with Crippen molar-refractivity contribution in [1.29, 1.82) is 0 Å². The molecule has 13 heteroatoms. The summed E-state index contributed by atoms with van der Waals surface area (Å²) in [5, 5.41) is 114. The molecule has 0 amide bonds. The Bertz CT molecular complexity index is 693. The van der Waals surface area contributed by atoms with Gasteiger partial charge in [0.15, 0.2) is 0 Å². The lowest BCUT2D eigenvalue weighted by Crippen LogP contribution is -2.65. The second-order valence-corrected chi connectivity index (χ2v) is 9.57. The van der Waals surface area contributed by atoms with Crippen molar-refractivity contribution in [2.24, 2.45) is 11.8 Å². The van der Waals surface area contributed by atoms with E-state index in [2.05, 4.69) is 5.32 Å². The van der Waals surface area contributed by atoms with Gasteiger partial charge in [-0.05, 0) is 18.4 Å². The zero-order valence-corrected chi connectivity index (χ0v) is 18.5. The second-order valence-electron chi connectivity index (χ2n) is 9.57. The summed E-state index contributed by atoms with van der Waals surface area (Å²) in [7, 11) is 0. The second kappa shape index (κ2) is 11.5. The summed E-state index contributed by atoms with van der Waals surface area (Å²) >= 11 is 0. The third-order valence-corrected chi connectivity index (χ3v) is 7.42. The van der Waals surface area contributed by atoms with Crippen LogP contribution in [0.3, 0.4) is 0 Å². The van der Waals surface area contributed by atoms with E-state index < -0.39 is 105 Å². The third kappa shape index (κ3) is 5.32. The molecule has 34 heavy (non-hydrogen) atoms. The molecule has 0 aromatic carbocycles. The van der Waals surface area contributed by atoms with Gasteiger partial charge < -0.3 is 66.2 Å². The highest BCUT2D eigenvalue weighted by Crippen LogP contribution is 2.34. The van der Waals surface area contributed by atoms with Crippen LogP contribution in [0, 0.1) is 11.8 Å². The minimum Gasteiger partial charge on any atom is -0.396 e. The van der Waals surface area contributed by atoms with Crippen LogP contribution in [0.25, 0.3) is 0 Å². The Hall–Kier alpha value is -0.780. The molecule has 0 saturated heterocycles. The van der Waals surface area contributed by atoms with Crippen LogP contribution < -0.4 is 5.32 Å². The molecule has 0 aliphatic heterocycles. The normalized spacial score (nSPS) is 50.1. The molecule has 12 N–H and O–H groups in total. The van der Waals surface area contributed by atoms with Gasteiger partial charge in [-0.25, -0.2) is 0 Å². The van der Waals surface area contributed by atoms with Gasteiger partial charge in [0.25, 0.3) is 0 Å². The monoisotopic (exact) mass is 495 g/mol. The van der Waals surface area contributed by atoms with Crippen LogP contribution in [0.1, 0.15) is 12.8 Å². The summed E-state index contributed by atoms with van der Waals surface area (Å²) in [5.74, 6) is -1.53. The van der Waals surface area contributed by atoms with Gasteiger partial charge in [-0.2, -0.15) is 0 Å². The molecule has 2 saturated carbocycles. The predicted octanol–water partition coefficient (Wildman–Crippen LogP) is -6.09. The van der Waals surface area contributed by atoms with Crippen LogP contribution >= 0.6 is 0 Å². The highest BCUT2D eigenvalue weighted by molar-refractivity contribution is 5.22. The maximum Gasteiger partial charge on any atom is 0.111 e. The molecule has 3 rings (SSSR count). The Labute approximate surface area is 196 Å². The van der Waals surface area contributed by atoms with E-state index in [9.17, 15) is 56.2 Å². The fourth-order valence-electron chi connectivity index (χ4n) is 5.23. The predicted molar refractivity (Wildman–Crippen MR) is 113 cm³/mol. The number of rotatable bonds is 7. The molecule has 0 aromatic heterocycles. The lowest BCUT2D eigenvalue weighted by atomic mass is 9.77. The lowest BCUT2D eigenvalue weighted by Gasteiger charge is -2.47. The van der Waals surface area contributed by atoms with Crippen molar-refractivity contribution in [3.63, 3.8) is 0 Å². The summed E-state index contributed by atoms with van der Waals surface area (Å²) in [6, 6.07) is -1.87. The Balaban J connectivity index is 1.73. The van der Waals surface area contributed by atoms with E-state index in [4.69, 9.17) is 4.74 Å². The zero-order chi connectivity index (χ0) is 25.3. The van der Waals surface area contributed by atoms with Crippen molar-refractivity contribution in [2.45, 2.75) is 86.0 Å². The lowest BCUT2D eigenvalue weighted by molar-refractivity contribution is -0.229. The summed E-state index contributed by atoms with van der Waals surface area (Å²) in [4.78, 5) is 0. The Morgan fingerprint density at radius 2 is 1.35 bits per heavy atom. The van der Waals surface area contributed by atoms with Gasteiger partial charge in [-0.15, -0.1) is 0 Å². The quantitative estimate of drug-likeness (QED) is 0.147. The van der Waals surface area contributed by atoms with Crippen molar-refractivity contribution in [3.8, 4) is 0 Å². The summed E-state index contributed by atoms with van der Waals surface area (Å²) in [6.07, 6.45) is -12.9. The topological polar surface area (TPSA) is 244 Å². The van der Waals surface area contributed by atoms with Gasteiger partial charge in [-0.3, -0.25) is 0 Å². The summed E-state index contributed by atoms with van der Waals surface area (Å²) in [6.45, 7) is -1.51. The number of aliphatic hydroxyl groups is 11. The minimum absolute atomic E-state index is 0.0295. The Morgan fingerprint density at radius 3 is 1.94 bits per heavy atom. The van der Waals surface area contributed by atoms with Crippen molar-refractivity contribution in [2.75, 3.05) is 19.8 Å². The van der Waals surface area contributed by atoms with Gasteiger partial charge in [0.2, 0.25) is 0 Å². The summed E-state index contributed by atoms with van der Waals surface area (Å²) in [5.41, 5.74) is 0.0755. The molecule has 198 valence electrons. The molecule has 14 atom stereocenters. The highest BCUT2D eigenvalue weighted by Gasteiger charge is 2.50. The van der Waals surface area contributed by atoms with Gasteiger partial charge in [0, 0.05) is 31.1 Å². The highest BCUT2D eigenvalue weighted by atomic mass is 16.5. The van der Waals surface area contributed by atoms with Crippen LogP contribution in [0.4, 0.5) is 0 Å². The maximum absolute atomic E-state index is 10.8. The fourth-order valence-corrected chi connectivity index (χ4v) is 5.23. The van der Waals surface area contributed by atoms with Gasteiger partial charge in [0.1, 0.15) is 36.6 Å². The first-order valence-corrected chi connectivity index (χ1v) is 11.4. The van der Waals surface area contributed by atoms with E-state index in [1.165, 1.54) is 6.08 Å². The molecule has 0 aromatic rings. The molecule has 13 nitrogen and oxygen atoms in total. The van der Waals surface area contributed by atoms with E-state index in [0.717, 1.165) is 0 Å². The molecular weight excluding hydrogens is 458 g/mol. The maximum atomic E-state index is 10.8. The van der Waals surface area contributed by atoms with E-state index in [1.54, 1.807) is 0 Å². The largest absolute Gasteiger partial charge is 0.396 e. The molecule has 0 bridgehead atoms. The fraction of sp³-hybridized carbons (Fsp3) is 0.905. The first-order chi connectivity index (χ1) is 16.0. The van der Waals surface area contributed by atoms with Gasteiger partial charge in [-0.1, -0.05) is 6.08 Å².